The molecular formula is C28H28N2O4. The number of ether oxygens (including phenoxy) is 2. The lowest BCUT2D eigenvalue weighted by atomic mass is 9.72. The molecule has 34 heavy (non-hydrogen) atoms. The van der Waals surface area contributed by atoms with Crippen LogP contribution >= 0.6 is 0 Å². The largest absolute Gasteiger partial charge is 0.465 e. The fraction of sp³-hybridized carbons (Fsp3) is 0.250. The monoisotopic (exact) mass is 456 g/mol. The quantitative estimate of drug-likeness (QED) is 0.363. The lowest BCUT2D eigenvalue weighted by Crippen LogP contribution is -2.54. The predicted octanol–water partition coefficient (Wildman–Crippen LogP) is 5.15. The summed E-state index contributed by atoms with van der Waals surface area (Å²) in [6.07, 6.45) is 0.122. The van der Waals surface area contributed by atoms with E-state index in [1.54, 1.807) is 13.8 Å². The molecule has 0 aliphatic carbocycles. The van der Waals surface area contributed by atoms with E-state index in [-0.39, 0.29) is 19.6 Å². The van der Waals surface area contributed by atoms with Crippen LogP contribution in [0.5, 0.6) is 0 Å². The van der Waals surface area contributed by atoms with Gasteiger partial charge in [0.15, 0.2) is 0 Å². The first kappa shape index (κ1) is 23.2. The minimum atomic E-state index is -1.71. The van der Waals surface area contributed by atoms with Crippen LogP contribution in [0.15, 0.2) is 96.1 Å². The smallest absolute Gasteiger partial charge is 0.329 e. The maximum absolute atomic E-state index is 13.6. The van der Waals surface area contributed by atoms with Crippen molar-refractivity contribution in [2.45, 2.75) is 26.3 Å². The van der Waals surface area contributed by atoms with Crippen molar-refractivity contribution >= 4 is 23.3 Å². The Morgan fingerprint density at radius 3 is 1.85 bits per heavy atom. The molecule has 0 amide bonds. The van der Waals surface area contributed by atoms with Gasteiger partial charge in [0.2, 0.25) is 5.41 Å². The molecule has 3 aromatic carbocycles. The molecule has 0 aromatic heterocycles. The maximum Gasteiger partial charge on any atom is 0.329 e. The molecule has 0 saturated carbocycles. The third-order valence-electron chi connectivity index (χ3n) is 5.91. The van der Waals surface area contributed by atoms with Gasteiger partial charge in [0.25, 0.3) is 0 Å². The molecule has 1 unspecified atom stereocenters. The summed E-state index contributed by atoms with van der Waals surface area (Å²) in [6, 6.07) is 28.4. The number of hydrogen-bond donors (Lipinski definition) is 0. The lowest BCUT2D eigenvalue weighted by molar-refractivity contribution is -0.167. The molecule has 0 N–H and O–H groups in total. The number of anilines is 1. The molecule has 3 aromatic rings. The van der Waals surface area contributed by atoms with E-state index < -0.39 is 23.4 Å². The summed E-state index contributed by atoms with van der Waals surface area (Å²) in [4.78, 5) is 27.2. The Balaban J connectivity index is 2.00. The van der Waals surface area contributed by atoms with Crippen LogP contribution in [-0.4, -0.2) is 30.9 Å². The van der Waals surface area contributed by atoms with Crippen molar-refractivity contribution in [3.8, 4) is 0 Å². The van der Waals surface area contributed by atoms with Gasteiger partial charge in [-0.3, -0.25) is 14.6 Å². The Hall–Kier alpha value is -3.93. The average molecular weight is 457 g/mol. The number of benzene rings is 3. The van der Waals surface area contributed by atoms with Crippen LogP contribution in [0.4, 0.5) is 5.69 Å². The van der Waals surface area contributed by atoms with Gasteiger partial charge in [-0.25, -0.2) is 0 Å². The molecule has 1 atom stereocenters. The molecule has 0 saturated heterocycles. The van der Waals surface area contributed by atoms with Gasteiger partial charge in [0, 0.05) is 6.42 Å². The number of hydrogen-bond acceptors (Lipinski definition) is 6. The first-order valence-corrected chi connectivity index (χ1v) is 11.5. The van der Waals surface area contributed by atoms with E-state index in [1.165, 1.54) is 0 Å². The van der Waals surface area contributed by atoms with Crippen molar-refractivity contribution in [3.05, 3.63) is 102 Å². The van der Waals surface area contributed by atoms with Crippen molar-refractivity contribution < 1.29 is 19.1 Å². The van der Waals surface area contributed by atoms with Crippen molar-refractivity contribution in [2.75, 3.05) is 18.2 Å². The molecule has 4 rings (SSSR count). The topological polar surface area (TPSA) is 68.2 Å². The molecule has 6 heteroatoms. The molecule has 0 fully saturated rings. The minimum absolute atomic E-state index is 0.122. The van der Waals surface area contributed by atoms with Crippen molar-refractivity contribution in [3.63, 3.8) is 0 Å². The number of carbonyl (C=O) groups excluding carboxylic acids is 2. The maximum atomic E-state index is 13.6. The number of esters is 2. The fourth-order valence-corrected chi connectivity index (χ4v) is 4.34. The molecule has 174 valence electrons. The number of para-hydroxylation sites is 1. The standard InChI is InChI=1S/C28H28N2O4/c1-3-33-26(31)28(27(32)34-4-2)20-24(21-14-8-5-9-15-21)30(23-18-12-7-13-19-23)29-25(28)22-16-10-6-11-17-22/h5-19,24H,3-4,20H2,1-2H3. The van der Waals surface area contributed by atoms with Gasteiger partial charge in [0.05, 0.1) is 30.7 Å². The van der Waals surface area contributed by atoms with Crippen LogP contribution in [0.25, 0.3) is 0 Å². The Bertz CT molecular complexity index is 1130. The summed E-state index contributed by atoms with van der Waals surface area (Å²) in [5.41, 5.74) is 1.06. The van der Waals surface area contributed by atoms with Gasteiger partial charge in [-0.15, -0.1) is 0 Å². The third-order valence-corrected chi connectivity index (χ3v) is 5.91. The van der Waals surface area contributed by atoms with Crippen molar-refractivity contribution in [2.24, 2.45) is 10.5 Å². The second kappa shape index (κ2) is 10.3. The predicted molar refractivity (Wildman–Crippen MR) is 131 cm³/mol. The molecule has 1 aliphatic rings. The summed E-state index contributed by atoms with van der Waals surface area (Å²) >= 11 is 0. The molecule has 0 bridgehead atoms. The molecular weight excluding hydrogens is 428 g/mol. The second-order valence-corrected chi connectivity index (χ2v) is 7.97. The van der Waals surface area contributed by atoms with Gasteiger partial charge in [0.1, 0.15) is 0 Å². The van der Waals surface area contributed by atoms with E-state index in [9.17, 15) is 9.59 Å². The SMILES string of the molecule is CCOC(=O)C1(C(=O)OCC)CC(c2ccccc2)N(c2ccccc2)N=C1c1ccccc1. The van der Waals surface area contributed by atoms with E-state index in [4.69, 9.17) is 14.6 Å². The molecule has 6 nitrogen and oxygen atoms in total. The summed E-state index contributed by atoms with van der Waals surface area (Å²) < 4.78 is 11.0. The number of carbonyl (C=O) groups is 2. The lowest BCUT2D eigenvalue weighted by Gasteiger charge is -2.42. The Morgan fingerprint density at radius 2 is 1.32 bits per heavy atom. The van der Waals surface area contributed by atoms with Crippen LogP contribution in [0, 0.1) is 5.41 Å². The highest BCUT2D eigenvalue weighted by atomic mass is 16.6. The molecule has 0 spiro atoms. The van der Waals surface area contributed by atoms with Crippen LogP contribution in [-0.2, 0) is 19.1 Å². The van der Waals surface area contributed by atoms with Crippen LogP contribution < -0.4 is 5.01 Å². The van der Waals surface area contributed by atoms with Gasteiger partial charge < -0.3 is 9.47 Å². The number of hydrazone groups is 1. The van der Waals surface area contributed by atoms with Gasteiger partial charge >= 0.3 is 11.9 Å². The third kappa shape index (κ3) is 4.31. The molecule has 1 heterocycles. The van der Waals surface area contributed by atoms with Gasteiger partial charge in [-0.05, 0) is 37.1 Å². The zero-order chi connectivity index (χ0) is 24.0. The van der Waals surface area contributed by atoms with E-state index >= 15 is 0 Å². The summed E-state index contributed by atoms with van der Waals surface area (Å²) in [6.45, 7) is 3.73. The second-order valence-electron chi connectivity index (χ2n) is 7.97. The van der Waals surface area contributed by atoms with Crippen LogP contribution in [0.3, 0.4) is 0 Å². The van der Waals surface area contributed by atoms with Crippen LogP contribution in [0.1, 0.15) is 37.4 Å². The summed E-state index contributed by atoms with van der Waals surface area (Å²) in [7, 11) is 0. The van der Waals surface area contributed by atoms with E-state index in [0.717, 1.165) is 11.3 Å². The van der Waals surface area contributed by atoms with Gasteiger partial charge in [-0.1, -0.05) is 78.9 Å². The zero-order valence-electron chi connectivity index (χ0n) is 19.4. The van der Waals surface area contributed by atoms with Gasteiger partial charge in [-0.2, -0.15) is 5.10 Å². The summed E-state index contributed by atoms with van der Waals surface area (Å²) in [5.74, 6) is -1.30. The average Bonchev–Trinajstić information content (AvgIpc) is 2.89. The number of rotatable bonds is 7. The molecule has 0 radical (unpaired) electrons. The highest BCUT2D eigenvalue weighted by Gasteiger charge is 2.58. The van der Waals surface area contributed by atoms with Crippen molar-refractivity contribution in [1.82, 2.24) is 0 Å². The van der Waals surface area contributed by atoms with E-state index in [1.807, 2.05) is 96.0 Å². The highest BCUT2D eigenvalue weighted by Crippen LogP contribution is 2.45. The molecule has 1 aliphatic heterocycles. The Kier molecular flexibility index (Phi) is 7.07. The number of nitrogens with zero attached hydrogens (tertiary/aromatic N) is 2. The zero-order valence-corrected chi connectivity index (χ0v) is 19.4. The van der Waals surface area contributed by atoms with E-state index in [2.05, 4.69) is 0 Å². The minimum Gasteiger partial charge on any atom is -0.465 e. The van der Waals surface area contributed by atoms with E-state index in [0.29, 0.717) is 11.3 Å². The Labute approximate surface area is 199 Å². The first-order valence-electron chi connectivity index (χ1n) is 11.5. The van der Waals surface area contributed by atoms with Crippen LogP contribution in [0.2, 0.25) is 0 Å². The first-order chi connectivity index (χ1) is 16.6. The highest BCUT2D eigenvalue weighted by molar-refractivity contribution is 6.28. The normalized spacial score (nSPS) is 16.9. The summed E-state index contributed by atoms with van der Waals surface area (Å²) in [5, 5.41) is 6.87. The fourth-order valence-electron chi connectivity index (χ4n) is 4.34. The Morgan fingerprint density at radius 1 is 0.824 bits per heavy atom. The van der Waals surface area contributed by atoms with Crippen molar-refractivity contribution in [1.29, 1.82) is 0 Å².